The summed E-state index contributed by atoms with van der Waals surface area (Å²) >= 11 is 0. The molecule has 0 atom stereocenters. The van der Waals surface area contributed by atoms with Crippen molar-refractivity contribution in [2.45, 2.75) is 25.7 Å². The van der Waals surface area contributed by atoms with Gasteiger partial charge in [-0.2, -0.15) is 9.40 Å². The number of nitro benzene ring substituents is 1. The molecule has 0 aliphatic carbocycles. The summed E-state index contributed by atoms with van der Waals surface area (Å²) in [6.07, 6.45) is 0. The van der Waals surface area contributed by atoms with E-state index in [1.807, 2.05) is 0 Å². The molecule has 186 valence electrons. The molecule has 3 aromatic rings. The third-order valence-corrected chi connectivity index (χ3v) is 7.34. The van der Waals surface area contributed by atoms with Crippen LogP contribution in [0.1, 0.15) is 31.3 Å². The molecular formula is C23H26N4O7S. The summed E-state index contributed by atoms with van der Waals surface area (Å²) in [5.74, 6) is -0.103. The maximum atomic E-state index is 12.9. The average molecular weight is 503 g/mol. The first-order chi connectivity index (χ1) is 16.7. The predicted octanol–water partition coefficient (Wildman–Crippen LogP) is 3.66. The highest BCUT2D eigenvalue weighted by molar-refractivity contribution is 7.89. The van der Waals surface area contributed by atoms with Crippen LogP contribution >= 0.6 is 0 Å². The van der Waals surface area contributed by atoms with Crippen LogP contribution in [0.4, 0.5) is 5.69 Å². The molecule has 12 heteroatoms. The van der Waals surface area contributed by atoms with Crippen LogP contribution in [0.25, 0.3) is 16.9 Å². The number of carbonyl (C=O) groups excluding carboxylic acids is 1. The molecule has 1 aromatic heterocycles. The fourth-order valence-corrected chi connectivity index (χ4v) is 5.00. The minimum absolute atomic E-state index is 0.0416. The minimum atomic E-state index is -3.94. The third kappa shape index (κ3) is 5.17. The number of carbonyl (C=O) groups is 1. The largest absolute Gasteiger partial charge is 0.497 e. The van der Waals surface area contributed by atoms with Crippen molar-refractivity contribution in [1.29, 1.82) is 0 Å². The molecule has 0 spiro atoms. The molecule has 11 nitrogen and oxygen atoms in total. The molecule has 1 heterocycles. The number of sulfonamides is 1. The van der Waals surface area contributed by atoms with Crippen LogP contribution in [0, 0.1) is 10.1 Å². The van der Waals surface area contributed by atoms with Crippen LogP contribution in [-0.4, -0.2) is 60.2 Å². The number of nitro groups is 1. The number of ether oxygens (including phenoxy) is 2. The van der Waals surface area contributed by atoms with Gasteiger partial charge in [-0.1, -0.05) is 13.8 Å². The predicted molar refractivity (Wildman–Crippen MR) is 128 cm³/mol. The van der Waals surface area contributed by atoms with Gasteiger partial charge in [0.25, 0.3) is 5.69 Å². The fourth-order valence-electron chi connectivity index (χ4n) is 3.52. The van der Waals surface area contributed by atoms with E-state index in [1.54, 1.807) is 45.0 Å². The Morgan fingerprint density at radius 1 is 1.09 bits per heavy atom. The van der Waals surface area contributed by atoms with E-state index in [-0.39, 0.29) is 36.0 Å². The quantitative estimate of drug-likeness (QED) is 0.233. The first-order valence-electron chi connectivity index (χ1n) is 10.9. The number of aromatic nitrogens is 2. The minimum Gasteiger partial charge on any atom is -0.497 e. The molecule has 0 amide bonds. The van der Waals surface area contributed by atoms with Crippen LogP contribution in [0.3, 0.4) is 0 Å². The second-order valence-electron chi connectivity index (χ2n) is 7.27. The third-order valence-electron chi connectivity index (χ3n) is 5.29. The second kappa shape index (κ2) is 10.7. The lowest BCUT2D eigenvalue weighted by molar-refractivity contribution is -0.384. The van der Waals surface area contributed by atoms with E-state index in [0.717, 1.165) is 10.7 Å². The highest BCUT2D eigenvalue weighted by atomic mass is 32.2. The Hall–Kier alpha value is -3.77. The summed E-state index contributed by atoms with van der Waals surface area (Å²) in [6.45, 7) is 5.51. The first-order valence-corrected chi connectivity index (χ1v) is 12.3. The zero-order chi connectivity index (χ0) is 25.8. The highest BCUT2D eigenvalue weighted by Gasteiger charge is 2.29. The van der Waals surface area contributed by atoms with Gasteiger partial charge in [0.1, 0.15) is 11.4 Å². The van der Waals surface area contributed by atoms with Crippen LogP contribution in [0.5, 0.6) is 5.75 Å². The number of hydrogen-bond acceptors (Lipinski definition) is 8. The van der Waals surface area contributed by atoms with E-state index in [4.69, 9.17) is 9.47 Å². The summed E-state index contributed by atoms with van der Waals surface area (Å²) in [7, 11) is -2.41. The molecule has 3 rings (SSSR count). The van der Waals surface area contributed by atoms with Crippen molar-refractivity contribution >= 4 is 21.7 Å². The number of rotatable bonds is 10. The van der Waals surface area contributed by atoms with Crippen molar-refractivity contribution in [1.82, 2.24) is 14.1 Å². The van der Waals surface area contributed by atoms with E-state index in [9.17, 15) is 23.3 Å². The lowest BCUT2D eigenvalue weighted by atomic mass is 10.1. The van der Waals surface area contributed by atoms with Crippen molar-refractivity contribution < 1.29 is 27.6 Å². The second-order valence-corrected chi connectivity index (χ2v) is 9.21. The van der Waals surface area contributed by atoms with E-state index in [2.05, 4.69) is 5.10 Å². The zero-order valence-electron chi connectivity index (χ0n) is 19.8. The Labute approximate surface area is 203 Å². The summed E-state index contributed by atoms with van der Waals surface area (Å²) in [4.78, 5) is 23.7. The van der Waals surface area contributed by atoms with E-state index < -0.39 is 26.6 Å². The average Bonchev–Trinajstić information content (AvgIpc) is 3.30. The molecule has 0 saturated carbocycles. The van der Waals surface area contributed by atoms with Gasteiger partial charge in [0.05, 0.1) is 29.2 Å². The summed E-state index contributed by atoms with van der Waals surface area (Å²) in [6, 6.07) is 11.9. The lowest BCUT2D eigenvalue weighted by Crippen LogP contribution is -2.30. The molecule has 0 saturated heterocycles. The van der Waals surface area contributed by atoms with E-state index in [0.29, 0.717) is 17.0 Å². The van der Waals surface area contributed by atoms with Crippen molar-refractivity contribution in [3.63, 3.8) is 0 Å². The molecule has 0 unspecified atom stereocenters. The van der Waals surface area contributed by atoms with Gasteiger partial charge in [0.2, 0.25) is 10.0 Å². The van der Waals surface area contributed by atoms with Gasteiger partial charge in [0, 0.05) is 24.7 Å². The number of benzene rings is 2. The monoisotopic (exact) mass is 502 g/mol. The standard InChI is InChI=1S/C23H26N4O7S/c1-5-25(6-2)35(31,32)18-12-13-20(21(14-18)27(29)30)26-22(23(28)34-7-3)15-19(24-26)16-8-10-17(33-4)11-9-16/h8-15H,5-7H2,1-4H3. The van der Waals surface area contributed by atoms with Crippen LogP contribution in [0.15, 0.2) is 53.4 Å². The van der Waals surface area contributed by atoms with Crippen molar-refractivity contribution in [3.8, 4) is 22.7 Å². The zero-order valence-corrected chi connectivity index (χ0v) is 20.6. The summed E-state index contributed by atoms with van der Waals surface area (Å²) in [5.41, 5.74) is 0.368. The van der Waals surface area contributed by atoms with Gasteiger partial charge in [-0.15, -0.1) is 0 Å². The van der Waals surface area contributed by atoms with Gasteiger partial charge in [0.15, 0.2) is 5.69 Å². The van der Waals surface area contributed by atoms with Crippen LogP contribution < -0.4 is 4.74 Å². The number of hydrogen-bond donors (Lipinski definition) is 0. The Morgan fingerprint density at radius 3 is 2.29 bits per heavy atom. The highest BCUT2D eigenvalue weighted by Crippen LogP contribution is 2.31. The van der Waals surface area contributed by atoms with Crippen LogP contribution in [0.2, 0.25) is 0 Å². The van der Waals surface area contributed by atoms with E-state index in [1.165, 1.54) is 29.6 Å². The van der Waals surface area contributed by atoms with Crippen molar-refractivity contribution in [3.05, 3.63) is 64.3 Å². The molecular weight excluding hydrogens is 476 g/mol. The van der Waals surface area contributed by atoms with Gasteiger partial charge >= 0.3 is 5.97 Å². The normalized spacial score (nSPS) is 11.5. The molecule has 0 aliphatic rings. The smallest absolute Gasteiger partial charge is 0.357 e. The summed E-state index contributed by atoms with van der Waals surface area (Å²) in [5, 5.41) is 16.4. The number of methoxy groups -OCH3 is 1. The summed E-state index contributed by atoms with van der Waals surface area (Å²) < 4.78 is 38.4. The van der Waals surface area contributed by atoms with E-state index >= 15 is 0 Å². The lowest BCUT2D eigenvalue weighted by Gasteiger charge is -2.18. The molecule has 0 aliphatic heterocycles. The first kappa shape index (κ1) is 25.8. The van der Waals surface area contributed by atoms with Gasteiger partial charge in [-0.05, 0) is 49.4 Å². The molecule has 0 bridgehead atoms. The topological polar surface area (TPSA) is 134 Å². The maximum Gasteiger partial charge on any atom is 0.357 e. The van der Waals surface area contributed by atoms with Crippen LogP contribution in [-0.2, 0) is 14.8 Å². The number of esters is 1. The van der Waals surface area contributed by atoms with Gasteiger partial charge in [-0.3, -0.25) is 10.1 Å². The SMILES string of the molecule is CCOC(=O)c1cc(-c2ccc(OC)cc2)nn1-c1ccc(S(=O)(=O)N(CC)CC)cc1[N+](=O)[O-]. The fraction of sp³-hybridized carbons (Fsp3) is 0.304. The Morgan fingerprint density at radius 2 is 1.74 bits per heavy atom. The molecule has 0 fully saturated rings. The van der Waals surface area contributed by atoms with Gasteiger partial charge in [-0.25, -0.2) is 17.9 Å². The van der Waals surface area contributed by atoms with Crippen molar-refractivity contribution in [2.75, 3.05) is 26.8 Å². The Kier molecular flexibility index (Phi) is 7.87. The Bertz CT molecular complexity index is 1330. The molecule has 0 N–H and O–H groups in total. The molecule has 2 aromatic carbocycles. The Balaban J connectivity index is 2.20. The maximum absolute atomic E-state index is 12.9. The molecule has 0 radical (unpaired) electrons. The van der Waals surface area contributed by atoms with Gasteiger partial charge < -0.3 is 9.47 Å². The van der Waals surface area contributed by atoms with Crippen molar-refractivity contribution in [2.24, 2.45) is 0 Å². The number of nitrogens with zero attached hydrogens (tertiary/aromatic N) is 4. The molecule has 35 heavy (non-hydrogen) atoms.